The molecule has 18 heavy (non-hydrogen) atoms. The van der Waals surface area contributed by atoms with E-state index in [2.05, 4.69) is 26.0 Å². The Bertz CT molecular complexity index is 371. The summed E-state index contributed by atoms with van der Waals surface area (Å²) in [6.07, 6.45) is 4.86. The summed E-state index contributed by atoms with van der Waals surface area (Å²) in [4.78, 5) is 0. The van der Waals surface area contributed by atoms with E-state index in [-0.39, 0.29) is 0 Å². The summed E-state index contributed by atoms with van der Waals surface area (Å²) in [5.41, 5.74) is 7.66. The fraction of sp³-hybridized carbons (Fsp3) is 0.625. The highest BCUT2D eigenvalue weighted by molar-refractivity contribution is 6.30. The van der Waals surface area contributed by atoms with Gasteiger partial charge in [-0.1, -0.05) is 37.6 Å². The Morgan fingerprint density at radius 2 is 1.89 bits per heavy atom. The van der Waals surface area contributed by atoms with Gasteiger partial charge in [0.25, 0.3) is 0 Å². The first-order valence-corrected chi connectivity index (χ1v) is 7.44. The quantitative estimate of drug-likeness (QED) is 0.867. The van der Waals surface area contributed by atoms with E-state index in [9.17, 15) is 0 Å². The number of nitrogens with two attached hydrogens (primary N) is 1. The van der Waals surface area contributed by atoms with E-state index in [1.807, 2.05) is 12.1 Å². The monoisotopic (exact) mass is 265 g/mol. The zero-order chi connectivity index (χ0) is 13.1. The predicted molar refractivity (Wildman–Crippen MR) is 78.8 cm³/mol. The largest absolute Gasteiger partial charge is 0.327 e. The van der Waals surface area contributed by atoms with Crippen LogP contribution in [0.2, 0.25) is 5.02 Å². The lowest BCUT2D eigenvalue weighted by Crippen LogP contribution is -2.38. The smallest absolute Gasteiger partial charge is 0.0406 e. The molecule has 0 saturated heterocycles. The second-order valence-corrected chi connectivity index (χ2v) is 6.51. The molecule has 1 aromatic rings. The summed E-state index contributed by atoms with van der Waals surface area (Å²) in [6.45, 7) is 4.67. The van der Waals surface area contributed by atoms with Crippen molar-refractivity contribution < 1.29 is 0 Å². The average molecular weight is 266 g/mol. The van der Waals surface area contributed by atoms with Gasteiger partial charge in [-0.25, -0.2) is 0 Å². The summed E-state index contributed by atoms with van der Waals surface area (Å²) in [5, 5.41) is 0.812. The van der Waals surface area contributed by atoms with Crippen LogP contribution in [-0.2, 0) is 6.42 Å². The van der Waals surface area contributed by atoms with Gasteiger partial charge in [0, 0.05) is 11.1 Å². The van der Waals surface area contributed by atoms with Crippen LogP contribution in [0.3, 0.4) is 0 Å². The molecule has 3 atom stereocenters. The molecule has 0 aliphatic heterocycles. The predicted octanol–water partition coefficient (Wildman–Crippen LogP) is 4.28. The Morgan fingerprint density at radius 3 is 2.50 bits per heavy atom. The van der Waals surface area contributed by atoms with Crippen LogP contribution in [-0.4, -0.2) is 6.04 Å². The Labute approximate surface area is 116 Å². The highest BCUT2D eigenvalue weighted by Crippen LogP contribution is 2.34. The molecule has 2 rings (SSSR count). The lowest BCUT2D eigenvalue weighted by molar-refractivity contribution is 0.189. The summed E-state index contributed by atoms with van der Waals surface area (Å²) in [5.74, 6) is 2.26. The number of hydrogen-bond acceptors (Lipinski definition) is 1. The first kappa shape index (κ1) is 13.9. The Kier molecular flexibility index (Phi) is 4.69. The van der Waals surface area contributed by atoms with E-state index in [1.165, 1.54) is 24.8 Å². The van der Waals surface area contributed by atoms with Crippen molar-refractivity contribution in [3.05, 3.63) is 34.9 Å². The minimum absolute atomic E-state index is 0.371. The Morgan fingerprint density at radius 1 is 1.22 bits per heavy atom. The van der Waals surface area contributed by atoms with E-state index in [0.717, 1.165) is 23.3 Å². The van der Waals surface area contributed by atoms with Gasteiger partial charge in [-0.2, -0.15) is 0 Å². The van der Waals surface area contributed by atoms with Gasteiger partial charge < -0.3 is 5.73 Å². The molecule has 0 radical (unpaired) electrons. The second-order valence-electron chi connectivity index (χ2n) is 6.07. The van der Waals surface area contributed by atoms with E-state index in [0.29, 0.717) is 12.0 Å². The van der Waals surface area contributed by atoms with Crippen LogP contribution < -0.4 is 5.73 Å². The Balaban J connectivity index is 2.00. The van der Waals surface area contributed by atoms with E-state index < -0.39 is 0 Å². The standard InChI is InChI=1S/C16H24ClN/c1-11(2)13-5-8-16(18)14(10-13)9-12-3-6-15(17)7-4-12/h3-4,6-7,11,13-14,16H,5,8-10,18H2,1-2H3/t13-,14-,16+/m0/s1. The van der Waals surface area contributed by atoms with Crippen molar-refractivity contribution >= 4 is 11.6 Å². The lowest BCUT2D eigenvalue weighted by Gasteiger charge is -2.36. The molecular weight excluding hydrogens is 242 g/mol. The third-order valence-electron chi connectivity index (χ3n) is 4.44. The molecule has 1 nitrogen and oxygen atoms in total. The van der Waals surface area contributed by atoms with Gasteiger partial charge in [-0.3, -0.25) is 0 Å². The minimum atomic E-state index is 0.371. The Hall–Kier alpha value is -0.530. The van der Waals surface area contributed by atoms with Crippen molar-refractivity contribution in [2.75, 3.05) is 0 Å². The van der Waals surface area contributed by atoms with Gasteiger partial charge in [0.2, 0.25) is 0 Å². The molecule has 2 heteroatoms. The van der Waals surface area contributed by atoms with Crippen LogP contribution in [0.5, 0.6) is 0 Å². The fourth-order valence-electron chi connectivity index (χ4n) is 3.09. The summed E-state index contributed by atoms with van der Waals surface area (Å²) in [7, 11) is 0. The summed E-state index contributed by atoms with van der Waals surface area (Å²) < 4.78 is 0. The van der Waals surface area contributed by atoms with E-state index in [4.69, 9.17) is 17.3 Å². The van der Waals surface area contributed by atoms with Crippen molar-refractivity contribution in [2.45, 2.75) is 45.6 Å². The lowest BCUT2D eigenvalue weighted by atomic mass is 9.72. The van der Waals surface area contributed by atoms with Gasteiger partial charge in [0.05, 0.1) is 0 Å². The van der Waals surface area contributed by atoms with E-state index >= 15 is 0 Å². The topological polar surface area (TPSA) is 26.0 Å². The van der Waals surface area contributed by atoms with E-state index in [1.54, 1.807) is 0 Å². The molecule has 0 spiro atoms. The molecule has 0 bridgehead atoms. The molecule has 1 fully saturated rings. The molecule has 2 N–H and O–H groups in total. The highest BCUT2D eigenvalue weighted by atomic mass is 35.5. The third-order valence-corrected chi connectivity index (χ3v) is 4.69. The first-order valence-electron chi connectivity index (χ1n) is 7.06. The zero-order valence-corrected chi connectivity index (χ0v) is 12.2. The highest BCUT2D eigenvalue weighted by Gasteiger charge is 2.29. The van der Waals surface area contributed by atoms with Gasteiger partial charge in [0.1, 0.15) is 0 Å². The number of halogens is 1. The molecule has 1 aliphatic rings. The number of hydrogen-bond donors (Lipinski definition) is 1. The maximum atomic E-state index is 6.29. The molecule has 0 amide bonds. The maximum absolute atomic E-state index is 6.29. The molecule has 1 aliphatic carbocycles. The number of rotatable bonds is 3. The minimum Gasteiger partial charge on any atom is -0.327 e. The maximum Gasteiger partial charge on any atom is 0.0406 e. The SMILES string of the molecule is CC(C)[C@H]1CC[C@@H](N)[C@@H](Cc2ccc(Cl)cc2)C1. The normalized spacial score (nSPS) is 28.6. The molecule has 0 unspecified atom stereocenters. The first-order chi connectivity index (χ1) is 8.56. The van der Waals surface area contributed by atoms with Crippen molar-refractivity contribution in [2.24, 2.45) is 23.5 Å². The van der Waals surface area contributed by atoms with Gasteiger partial charge >= 0.3 is 0 Å². The molecule has 1 aromatic carbocycles. The van der Waals surface area contributed by atoms with Gasteiger partial charge in [0.15, 0.2) is 0 Å². The molecule has 100 valence electrons. The molecular formula is C16H24ClN. The van der Waals surface area contributed by atoms with Crippen LogP contribution in [0.25, 0.3) is 0 Å². The van der Waals surface area contributed by atoms with Crippen LogP contribution in [0.4, 0.5) is 0 Å². The van der Waals surface area contributed by atoms with Crippen LogP contribution in [0.15, 0.2) is 24.3 Å². The summed E-state index contributed by atoms with van der Waals surface area (Å²) >= 11 is 5.92. The fourth-order valence-corrected chi connectivity index (χ4v) is 3.21. The number of benzene rings is 1. The summed E-state index contributed by atoms with van der Waals surface area (Å²) in [6, 6.07) is 8.59. The van der Waals surface area contributed by atoms with Crippen molar-refractivity contribution in [3.8, 4) is 0 Å². The van der Waals surface area contributed by atoms with Gasteiger partial charge in [-0.05, 0) is 61.1 Å². The van der Waals surface area contributed by atoms with Crippen LogP contribution in [0, 0.1) is 17.8 Å². The van der Waals surface area contributed by atoms with Crippen molar-refractivity contribution in [1.82, 2.24) is 0 Å². The van der Waals surface area contributed by atoms with Crippen LogP contribution >= 0.6 is 11.6 Å². The average Bonchev–Trinajstić information content (AvgIpc) is 2.34. The zero-order valence-electron chi connectivity index (χ0n) is 11.4. The molecule has 0 heterocycles. The van der Waals surface area contributed by atoms with Crippen LogP contribution in [0.1, 0.15) is 38.7 Å². The second kappa shape index (κ2) is 6.08. The molecule has 0 aromatic heterocycles. The van der Waals surface area contributed by atoms with Crippen molar-refractivity contribution in [1.29, 1.82) is 0 Å². The van der Waals surface area contributed by atoms with Gasteiger partial charge in [-0.15, -0.1) is 0 Å². The third kappa shape index (κ3) is 3.49. The molecule has 1 saturated carbocycles. The van der Waals surface area contributed by atoms with Crippen molar-refractivity contribution in [3.63, 3.8) is 0 Å².